The van der Waals surface area contributed by atoms with E-state index in [-0.39, 0.29) is 11.3 Å². The van der Waals surface area contributed by atoms with Crippen molar-refractivity contribution in [3.63, 3.8) is 0 Å². The van der Waals surface area contributed by atoms with E-state index < -0.39 is 0 Å². The summed E-state index contributed by atoms with van der Waals surface area (Å²) in [5.41, 5.74) is -0.278. The summed E-state index contributed by atoms with van der Waals surface area (Å²) in [6, 6.07) is 0. The first-order valence-corrected chi connectivity index (χ1v) is 5.20. The molecule has 14 heavy (non-hydrogen) atoms. The third kappa shape index (κ3) is 1.62. The molecule has 0 bridgehead atoms. The quantitative estimate of drug-likeness (QED) is 0.744. The Morgan fingerprint density at radius 2 is 2.36 bits per heavy atom. The minimum absolute atomic E-state index is 0.0207. The Labute approximate surface area is 86.1 Å². The topological polar surface area (TPSA) is 66.9 Å². The lowest BCUT2D eigenvalue weighted by Crippen LogP contribution is -2.58. The van der Waals surface area contributed by atoms with Gasteiger partial charge >= 0.3 is 0 Å². The maximum atomic E-state index is 11.7. The van der Waals surface area contributed by atoms with Crippen molar-refractivity contribution in [1.82, 2.24) is 14.7 Å². The second-order valence-electron chi connectivity index (χ2n) is 3.77. The van der Waals surface area contributed by atoms with Gasteiger partial charge in [0.25, 0.3) is 0 Å². The fourth-order valence-electron chi connectivity index (χ4n) is 1.26. The molecule has 1 saturated heterocycles. The first-order valence-electron chi connectivity index (χ1n) is 4.43. The number of aryl methyl sites for hydroxylation is 1. The molecule has 1 fully saturated rings. The van der Waals surface area contributed by atoms with Gasteiger partial charge < -0.3 is 10.6 Å². The van der Waals surface area contributed by atoms with Crippen molar-refractivity contribution in [3.8, 4) is 0 Å². The molecule has 0 atom stereocenters. The maximum absolute atomic E-state index is 11.7. The van der Waals surface area contributed by atoms with Crippen molar-refractivity contribution < 1.29 is 4.79 Å². The second-order valence-corrected chi connectivity index (χ2v) is 4.52. The highest BCUT2D eigenvalue weighted by Crippen LogP contribution is 2.23. The number of carbonyl (C=O) groups is 1. The predicted octanol–water partition coefficient (Wildman–Crippen LogP) is 0.395. The molecule has 0 radical (unpaired) electrons. The van der Waals surface area contributed by atoms with E-state index in [0.717, 1.165) is 13.1 Å². The van der Waals surface area contributed by atoms with Gasteiger partial charge in [-0.15, -0.1) is 0 Å². The van der Waals surface area contributed by atoms with E-state index in [1.165, 1.54) is 11.5 Å². The van der Waals surface area contributed by atoms with Crippen molar-refractivity contribution in [2.75, 3.05) is 18.4 Å². The number of nitrogens with one attached hydrogen (secondary N) is 2. The molecule has 0 unspecified atom stereocenters. The molecule has 76 valence electrons. The number of aromatic nitrogens is 2. The van der Waals surface area contributed by atoms with Crippen molar-refractivity contribution in [3.05, 3.63) is 5.82 Å². The van der Waals surface area contributed by atoms with E-state index >= 15 is 0 Å². The summed E-state index contributed by atoms with van der Waals surface area (Å²) in [5.74, 6) is 0.717. The minimum atomic E-state index is -0.278. The average molecular weight is 212 g/mol. The summed E-state index contributed by atoms with van der Waals surface area (Å²) in [7, 11) is 0. The lowest BCUT2D eigenvalue weighted by Gasteiger charge is -2.37. The van der Waals surface area contributed by atoms with Crippen molar-refractivity contribution in [2.24, 2.45) is 5.41 Å². The molecule has 0 saturated carbocycles. The molecule has 1 aliphatic rings. The number of hydrogen-bond acceptors (Lipinski definition) is 5. The number of rotatable bonds is 2. The molecule has 1 aromatic heterocycles. The molecular formula is C8H12N4OS. The van der Waals surface area contributed by atoms with Crippen LogP contribution >= 0.6 is 11.5 Å². The van der Waals surface area contributed by atoms with E-state index in [0.29, 0.717) is 11.0 Å². The smallest absolute Gasteiger partial charge is 0.234 e. The lowest BCUT2D eigenvalue weighted by atomic mass is 9.83. The van der Waals surface area contributed by atoms with Crippen LogP contribution in [0.2, 0.25) is 0 Å². The van der Waals surface area contributed by atoms with Crippen LogP contribution in [0.4, 0.5) is 5.13 Å². The standard InChI is InChI=1S/C8H12N4OS/c1-5-10-7(14-12-5)11-6(13)8(2)3-9-4-8/h9H,3-4H2,1-2H3,(H,10,11,12,13). The summed E-state index contributed by atoms with van der Waals surface area (Å²) in [4.78, 5) is 15.8. The van der Waals surface area contributed by atoms with E-state index in [2.05, 4.69) is 20.0 Å². The lowest BCUT2D eigenvalue weighted by molar-refractivity contribution is -0.127. The van der Waals surface area contributed by atoms with Crippen LogP contribution in [0.15, 0.2) is 0 Å². The normalized spacial score (nSPS) is 18.7. The van der Waals surface area contributed by atoms with Crippen LogP contribution < -0.4 is 10.6 Å². The summed E-state index contributed by atoms with van der Waals surface area (Å²) >= 11 is 1.22. The Bertz CT molecular complexity index is 358. The van der Waals surface area contributed by atoms with Crippen LogP contribution in [-0.4, -0.2) is 28.4 Å². The first kappa shape index (κ1) is 9.54. The molecule has 0 spiro atoms. The van der Waals surface area contributed by atoms with E-state index in [1.54, 1.807) is 6.92 Å². The molecule has 0 aliphatic carbocycles. The maximum Gasteiger partial charge on any atom is 0.234 e. The number of hydrogen-bond donors (Lipinski definition) is 2. The summed E-state index contributed by atoms with van der Waals surface area (Å²) in [5, 5.41) is 6.44. The van der Waals surface area contributed by atoms with Crippen LogP contribution in [0.1, 0.15) is 12.7 Å². The third-order valence-electron chi connectivity index (χ3n) is 2.33. The zero-order valence-corrected chi connectivity index (χ0v) is 8.94. The Morgan fingerprint density at radius 3 is 2.79 bits per heavy atom. The third-order valence-corrected chi connectivity index (χ3v) is 3.05. The number of nitrogens with zero attached hydrogens (tertiary/aromatic N) is 2. The van der Waals surface area contributed by atoms with E-state index in [4.69, 9.17) is 0 Å². The minimum Gasteiger partial charge on any atom is -0.315 e. The van der Waals surface area contributed by atoms with Gasteiger partial charge in [-0.25, -0.2) is 4.98 Å². The fraction of sp³-hybridized carbons (Fsp3) is 0.625. The van der Waals surface area contributed by atoms with Crippen molar-refractivity contribution in [1.29, 1.82) is 0 Å². The van der Waals surface area contributed by atoms with Crippen LogP contribution in [0, 0.1) is 12.3 Å². The monoisotopic (exact) mass is 212 g/mol. The summed E-state index contributed by atoms with van der Waals surface area (Å²) in [6.45, 7) is 5.21. The summed E-state index contributed by atoms with van der Waals surface area (Å²) in [6.07, 6.45) is 0. The van der Waals surface area contributed by atoms with Gasteiger partial charge in [0.1, 0.15) is 5.82 Å². The molecule has 6 heteroatoms. The zero-order chi connectivity index (χ0) is 10.2. The largest absolute Gasteiger partial charge is 0.315 e. The Balaban J connectivity index is 2.01. The Hall–Kier alpha value is -1.01. The zero-order valence-electron chi connectivity index (χ0n) is 8.13. The number of anilines is 1. The Morgan fingerprint density at radius 1 is 1.64 bits per heavy atom. The molecule has 5 nitrogen and oxygen atoms in total. The van der Waals surface area contributed by atoms with Crippen LogP contribution in [0.3, 0.4) is 0 Å². The van der Waals surface area contributed by atoms with Crippen LogP contribution in [0.5, 0.6) is 0 Å². The average Bonchev–Trinajstić information content (AvgIpc) is 2.47. The van der Waals surface area contributed by atoms with Gasteiger partial charge in [-0.2, -0.15) is 4.37 Å². The van der Waals surface area contributed by atoms with Gasteiger partial charge in [-0.1, -0.05) is 0 Å². The molecule has 1 aliphatic heterocycles. The van der Waals surface area contributed by atoms with E-state index in [1.807, 2.05) is 6.92 Å². The van der Waals surface area contributed by atoms with E-state index in [9.17, 15) is 4.79 Å². The van der Waals surface area contributed by atoms with Crippen LogP contribution in [-0.2, 0) is 4.79 Å². The number of amides is 1. The van der Waals surface area contributed by atoms with Gasteiger partial charge in [0.2, 0.25) is 11.0 Å². The van der Waals surface area contributed by atoms with Crippen LogP contribution in [0.25, 0.3) is 0 Å². The van der Waals surface area contributed by atoms with Gasteiger partial charge in [0.15, 0.2) is 0 Å². The highest BCUT2D eigenvalue weighted by atomic mass is 32.1. The molecule has 1 aromatic rings. The molecule has 0 aromatic carbocycles. The highest BCUT2D eigenvalue weighted by Gasteiger charge is 2.39. The molecule has 2 N–H and O–H groups in total. The fourth-order valence-corrected chi connectivity index (χ4v) is 1.83. The second kappa shape index (κ2) is 3.29. The SMILES string of the molecule is Cc1nsc(NC(=O)C2(C)CNC2)n1. The Kier molecular flexibility index (Phi) is 2.24. The molecular weight excluding hydrogens is 200 g/mol. The highest BCUT2D eigenvalue weighted by molar-refractivity contribution is 7.09. The van der Waals surface area contributed by atoms with Gasteiger partial charge in [0.05, 0.1) is 5.41 Å². The first-order chi connectivity index (χ1) is 6.60. The van der Waals surface area contributed by atoms with Gasteiger partial charge in [0, 0.05) is 24.6 Å². The summed E-state index contributed by atoms with van der Waals surface area (Å²) < 4.78 is 4.00. The number of carbonyl (C=O) groups excluding carboxylic acids is 1. The van der Waals surface area contributed by atoms with Gasteiger partial charge in [-0.05, 0) is 13.8 Å². The predicted molar refractivity (Wildman–Crippen MR) is 54.3 cm³/mol. The molecule has 1 amide bonds. The molecule has 2 rings (SSSR count). The van der Waals surface area contributed by atoms with Crippen molar-refractivity contribution in [2.45, 2.75) is 13.8 Å². The van der Waals surface area contributed by atoms with Crippen molar-refractivity contribution >= 4 is 22.6 Å². The molecule has 2 heterocycles. The van der Waals surface area contributed by atoms with Gasteiger partial charge in [-0.3, -0.25) is 4.79 Å².